The maximum Gasteiger partial charge on any atom is 0.335 e. The predicted molar refractivity (Wildman–Crippen MR) is 80.2 cm³/mol. The number of aliphatic hydroxyl groups excluding tert-OH is 1. The van der Waals surface area contributed by atoms with Crippen LogP contribution in [0.5, 0.6) is 0 Å². The zero-order chi connectivity index (χ0) is 15.0. The van der Waals surface area contributed by atoms with Gasteiger partial charge in [0, 0.05) is 18.3 Å². The third kappa shape index (κ3) is 5.16. The number of rotatable bonds is 8. The lowest BCUT2D eigenvalue weighted by atomic mass is 9.87. The Bertz CT molecular complexity index is 333. The largest absolute Gasteiger partial charge is 0.463 e. The van der Waals surface area contributed by atoms with Crippen LogP contribution in [0, 0.1) is 5.92 Å². The van der Waals surface area contributed by atoms with Crippen LogP contribution in [0.4, 0.5) is 0 Å². The molecular formula is C16H29NO3. The summed E-state index contributed by atoms with van der Waals surface area (Å²) in [6, 6.07) is 0.245. The van der Waals surface area contributed by atoms with E-state index in [-0.39, 0.29) is 18.6 Å². The molecule has 0 saturated heterocycles. The third-order valence-corrected chi connectivity index (χ3v) is 3.82. The molecule has 0 aromatic heterocycles. The normalized spacial score (nSPS) is 20.7. The smallest absolute Gasteiger partial charge is 0.335 e. The molecule has 4 heteroatoms. The molecule has 0 bridgehead atoms. The van der Waals surface area contributed by atoms with Crippen molar-refractivity contribution in [3.63, 3.8) is 0 Å². The number of carbonyl (C=O) groups is 1. The summed E-state index contributed by atoms with van der Waals surface area (Å²) in [5.74, 6) is 0.410. The Morgan fingerprint density at radius 1 is 1.45 bits per heavy atom. The average molecular weight is 283 g/mol. The molecule has 0 aromatic carbocycles. The van der Waals surface area contributed by atoms with Gasteiger partial charge < -0.3 is 15.2 Å². The van der Waals surface area contributed by atoms with E-state index in [0.717, 1.165) is 49.8 Å². The van der Waals surface area contributed by atoms with E-state index in [4.69, 9.17) is 9.84 Å². The predicted octanol–water partition coefficient (Wildman–Crippen LogP) is 2.76. The molecule has 0 fully saturated rings. The molecule has 0 unspecified atom stereocenters. The van der Waals surface area contributed by atoms with Gasteiger partial charge in [-0.25, -0.2) is 4.79 Å². The van der Waals surface area contributed by atoms with E-state index in [2.05, 4.69) is 19.2 Å². The van der Waals surface area contributed by atoms with Crippen molar-refractivity contribution in [2.24, 2.45) is 5.92 Å². The molecule has 116 valence electrons. The highest BCUT2D eigenvalue weighted by Crippen LogP contribution is 2.29. The number of nitrogens with one attached hydrogen (secondary N) is 1. The fourth-order valence-corrected chi connectivity index (χ4v) is 2.74. The van der Waals surface area contributed by atoms with Gasteiger partial charge in [0.05, 0.1) is 12.2 Å². The molecule has 0 radical (unpaired) electrons. The van der Waals surface area contributed by atoms with Crippen LogP contribution in [0.1, 0.15) is 59.3 Å². The molecular weight excluding hydrogens is 254 g/mol. The van der Waals surface area contributed by atoms with E-state index >= 15 is 0 Å². The lowest BCUT2D eigenvalue weighted by Gasteiger charge is -2.28. The second-order valence-corrected chi connectivity index (χ2v) is 5.67. The molecule has 1 aliphatic carbocycles. The number of esters is 1. The van der Waals surface area contributed by atoms with Gasteiger partial charge in [0.2, 0.25) is 0 Å². The summed E-state index contributed by atoms with van der Waals surface area (Å²) in [6.07, 6.45) is 5.53. The van der Waals surface area contributed by atoms with E-state index in [1.54, 1.807) is 0 Å². The van der Waals surface area contributed by atoms with Crippen LogP contribution in [0.25, 0.3) is 0 Å². The Labute approximate surface area is 122 Å². The van der Waals surface area contributed by atoms with Crippen molar-refractivity contribution in [1.82, 2.24) is 5.32 Å². The van der Waals surface area contributed by atoms with Crippen LogP contribution >= 0.6 is 0 Å². The molecule has 0 aromatic rings. The number of allylic oxidation sites excluding steroid dienone is 1. The number of hydrogen-bond acceptors (Lipinski definition) is 4. The lowest BCUT2D eigenvalue weighted by Crippen LogP contribution is -2.33. The van der Waals surface area contributed by atoms with E-state index in [0.29, 0.717) is 12.5 Å². The first-order valence-corrected chi connectivity index (χ1v) is 7.88. The van der Waals surface area contributed by atoms with Crippen molar-refractivity contribution in [2.75, 3.05) is 13.2 Å². The molecule has 0 amide bonds. The summed E-state index contributed by atoms with van der Waals surface area (Å²) in [5.41, 5.74) is 1.85. The molecule has 2 atom stereocenters. The minimum absolute atomic E-state index is 0.176. The molecule has 2 N–H and O–H groups in total. The van der Waals surface area contributed by atoms with Gasteiger partial charge in [-0.2, -0.15) is 0 Å². The summed E-state index contributed by atoms with van der Waals surface area (Å²) in [6.45, 7) is 6.78. The lowest BCUT2D eigenvalue weighted by molar-refractivity contribution is -0.138. The summed E-state index contributed by atoms with van der Waals surface area (Å²) in [4.78, 5) is 12.0. The summed E-state index contributed by atoms with van der Waals surface area (Å²) in [5, 5.41) is 12.7. The van der Waals surface area contributed by atoms with Crippen molar-refractivity contribution in [3.8, 4) is 0 Å². The number of aliphatic hydroxyl groups is 1. The van der Waals surface area contributed by atoms with Gasteiger partial charge in [0.25, 0.3) is 0 Å². The van der Waals surface area contributed by atoms with E-state index in [9.17, 15) is 4.79 Å². The standard InChI is InChI=1S/C16H29NO3/c1-4-6-13(9-10-18)17-15-11-12(3)7-8-14(15)16(19)20-5-2/h12-13,17-18H,4-11H2,1-3H3/t12-,13+/m1/s1. The summed E-state index contributed by atoms with van der Waals surface area (Å²) in [7, 11) is 0. The maximum absolute atomic E-state index is 12.0. The second-order valence-electron chi connectivity index (χ2n) is 5.67. The Hall–Kier alpha value is -1.03. The van der Waals surface area contributed by atoms with Gasteiger partial charge in [-0.05, 0) is 44.9 Å². The Morgan fingerprint density at radius 2 is 2.20 bits per heavy atom. The summed E-state index contributed by atoms with van der Waals surface area (Å²) >= 11 is 0. The van der Waals surface area contributed by atoms with Gasteiger partial charge >= 0.3 is 5.97 Å². The van der Waals surface area contributed by atoms with Gasteiger partial charge in [-0.1, -0.05) is 20.3 Å². The summed E-state index contributed by atoms with van der Waals surface area (Å²) < 4.78 is 5.16. The minimum atomic E-state index is -0.179. The first kappa shape index (κ1) is 17.0. The number of ether oxygens (including phenoxy) is 1. The second kappa shape index (κ2) is 9.01. The van der Waals surface area contributed by atoms with E-state index < -0.39 is 0 Å². The molecule has 0 spiro atoms. The van der Waals surface area contributed by atoms with Crippen molar-refractivity contribution >= 4 is 5.97 Å². The van der Waals surface area contributed by atoms with Crippen LogP contribution in [-0.2, 0) is 9.53 Å². The highest BCUT2D eigenvalue weighted by Gasteiger charge is 2.25. The van der Waals surface area contributed by atoms with E-state index in [1.165, 1.54) is 0 Å². The quantitative estimate of drug-likeness (QED) is 0.673. The van der Waals surface area contributed by atoms with Crippen LogP contribution < -0.4 is 5.32 Å². The molecule has 20 heavy (non-hydrogen) atoms. The SMILES string of the molecule is CCC[C@@H](CCO)NC1=C(C(=O)OCC)CC[C@@H](C)C1. The van der Waals surface area contributed by atoms with Gasteiger partial charge in [-0.3, -0.25) is 0 Å². The van der Waals surface area contributed by atoms with Crippen molar-refractivity contribution < 1.29 is 14.6 Å². The van der Waals surface area contributed by atoms with E-state index in [1.807, 2.05) is 6.92 Å². The van der Waals surface area contributed by atoms with Crippen molar-refractivity contribution in [1.29, 1.82) is 0 Å². The Morgan fingerprint density at radius 3 is 2.80 bits per heavy atom. The monoisotopic (exact) mass is 283 g/mol. The fraction of sp³-hybridized carbons (Fsp3) is 0.812. The van der Waals surface area contributed by atoms with Gasteiger partial charge in [-0.15, -0.1) is 0 Å². The zero-order valence-corrected chi connectivity index (χ0v) is 13.1. The molecule has 1 aliphatic rings. The average Bonchev–Trinajstić information content (AvgIpc) is 2.39. The zero-order valence-electron chi connectivity index (χ0n) is 13.1. The van der Waals surface area contributed by atoms with Crippen molar-refractivity contribution in [2.45, 2.75) is 65.3 Å². The fourth-order valence-electron chi connectivity index (χ4n) is 2.74. The maximum atomic E-state index is 12.0. The van der Waals surface area contributed by atoms with Crippen LogP contribution in [0.2, 0.25) is 0 Å². The molecule has 0 saturated carbocycles. The van der Waals surface area contributed by atoms with Gasteiger partial charge in [0.15, 0.2) is 0 Å². The third-order valence-electron chi connectivity index (χ3n) is 3.82. The van der Waals surface area contributed by atoms with Crippen molar-refractivity contribution in [3.05, 3.63) is 11.3 Å². The highest BCUT2D eigenvalue weighted by atomic mass is 16.5. The molecule has 0 heterocycles. The Balaban J connectivity index is 2.83. The van der Waals surface area contributed by atoms with Crippen LogP contribution in [0.15, 0.2) is 11.3 Å². The number of hydrogen-bond donors (Lipinski definition) is 2. The first-order chi connectivity index (χ1) is 9.62. The Kier molecular flexibility index (Phi) is 7.67. The van der Waals surface area contributed by atoms with Gasteiger partial charge in [0.1, 0.15) is 0 Å². The highest BCUT2D eigenvalue weighted by molar-refractivity contribution is 5.89. The molecule has 0 aliphatic heterocycles. The number of carbonyl (C=O) groups excluding carboxylic acids is 1. The van der Waals surface area contributed by atoms with Crippen LogP contribution in [-0.4, -0.2) is 30.3 Å². The molecule has 1 rings (SSSR count). The van der Waals surface area contributed by atoms with Crippen LogP contribution in [0.3, 0.4) is 0 Å². The minimum Gasteiger partial charge on any atom is -0.463 e. The topological polar surface area (TPSA) is 58.6 Å². The molecule has 4 nitrogen and oxygen atoms in total. The first-order valence-electron chi connectivity index (χ1n) is 7.88.